The molecule has 0 spiro atoms. The molecule has 0 fully saturated rings. The van der Waals surface area contributed by atoms with Crippen LogP contribution in [0.4, 0.5) is 4.39 Å². The second kappa shape index (κ2) is 8.25. The van der Waals surface area contributed by atoms with Gasteiger partial charge in [0.05, 0.1) is 0 Å². The third-order valence-electron chi connectivity index (χ3n) is 3.59. The summed E-state index contributed by atoms with van der Waals surface area (Å²) in [5, 5.41) is 0. The predicted molar refractivity (Wildman–Crippen MR) is 76.0 cm³/mol. The third kappa shape index (κ3) is 5.63. The molecule has 0 aliphatic heterocycles. The van der Waals surface area contributed by atoms with E-state index in [9.17, 15) is 4.39 Å². The van der Waals surface area contributed by atoms with Crippen LogP contribution in [-0.4, -0.2) is 6.04 Å². The molecule has 0 aliphatic rings. The third-order valence-corrected chi connectivity index (χ3v) is 3.59. The van der Waals surface area contributed by atoms with Crippen molar-refractivity contribution in [1.29, 1.82) is 0 Å². The molecule has 2 atom stereocenters. The molecule has 1 rings (SSSR count). The summed E-state index contributed by atoms with van der Waals surface area (Å²) in [7, 11) is 0. The number of nitrogens with two attached hydrogens (primary N) is 1. The van der Waals surface area contributed by atoms with Crippen LogP contribution < -0.4 is 5.73 Å². The molecular weight excluding hydrogens is 225 g/mol. The molecule has 2 N–H and O–H groups in total. The van der Waals surface area contributed by atoms with Crippen molar-refractivity contribution in [2.24, 2.45) is 11.7 Å². The average Bonchev–Trinajstić information content (AvgIpc) is 2.37. The van der Waals surface area contributed by atoms with Crippen LogP contribution in [-0.2, 0) is 6.42 Å². The molecule has 1 nitrogen and oxygen atoms in total. The van der Waals surface area contributed by atoms with E-state index in [1.54, 1.807) is 0 Å². The highest BCUT2D eigenvalue weighted by molar-refractivity contribution is 5.17. The molecule has 0 bridgehead atoms. The van der Waals surface area contributed by atoms with Crippen molar-refractivity contribution in [2.75, 3.05) is 0 Å². The van der Waals surface area contributed by atoms with Crippen LogP contribution in [0.1, 0.15) is 51.5 Å². The first-order valence-electron chi connectivity index (χ1n) is 7.15. The first-order chi connectivity index (χ1) is 8.65. The fourth-order valence-corrected chi connectivity index (χ4v) is 2.42. The molecule has 0 aromatic heterocycles. The zero-order chi connectivity index (χ0) is 13.4. The van der Waals surface area contributed by atoms with Crippen LogP contribution in [0, 0.1) is 11.7 Å². The second-order valence-electron chi connectivity index (χ2n) is 5.24. The Hall–Kier alpha value is -0.890. The van der Waals surface area contributed by atoms with Crippen molar-refractivity contribution in [1.82, 2.24) is 0 Å². The highest BCUT2D eigenvalue weighted by Crippen LogP contribution is 2.19. The standard InChI is InChI=1S/C16H26FN/c1-3-5-6-13(4-2)11-16(18)12-14-7-9-15(17)10-8-14/h7-10,13,16H,3-6,11-12,18H2,1-2H3. The van der Waals surface area contributed by atoms with Gasteiger partial charge in [0.1, 0.15) is 5.82 Å². The molecule has 0 aliphatic carbocycles. The summed E-state index contributed by atoms with van der Waals surface area (Å²) in [5.41, 5.74) is 7.33. The van der Waals surface area contributed by atoms with Gasteiger partial charge in [0.2, 0.25) is 0 Å². The van der Waals surface area contributed by atoms with Gasteiger partial charge < -0.3 is 5.73 Å². The zero-order valence-corrected chi connectivity index (χ0v) is 11.7. The topological polar surface area (TPSA) is 26.0 Å². The van der Waals surface area contributed by atoms with E-state index in [1.165, 1.54) is 37.8 Å². The molecule has 0 saturated heterocycles. The first kappa shape index (κ1) is 15.2. The molecule has 0 radical (unpaired) electrons. The Balaban J connectivity index is 2.39. The molecule has 2 unspecified atom stereocenters. The lowest BCUT2D eigenvalue weighted by Gasteiger charge is -2.19. The Morgan fingerprint density at radius 1 is 1.17 bits per heavy atom. The Labute approximate surface area is 111 Å². The Morgan fingerprint density at radius 2 is 1.83 bits per heavy atom. The molecule has 1 aromatic rings. The summed E-state index contributed by atoms with van der Waals surface area (Å²) in [6.45, 7) is 4.47. The second-order valence-corrected chi connectivity index (χ2v) is 5.24. The van der Waals surface area contributed by atoms with Gasteiger partial charge in [-0.1, -0.05) is 51.7 Å². The highest BCUT2D eigenvalue weighted by Gasteiger charge is 2.12. The molecular formula is C16H26FN. The van der Waals surface area contributed by atoms with Gasteiger partial charge in [0.25, 0.3) is 0 Å². The van der Waals surface area contributed by atoms with Gasteiger partial charge in [-0.3, -0.25) is 0 Å². The minimum atomic E-state index is -0.179. The van der Waals surface area contributed by atoms with Gasteiger partial charge in [-0.05, 0) is 36.5 Å². The van der Waals surface area contributed by atoms with Crippen molar-refractivity contribution >= 4 is 0 Å². The number of halogens is 1. The largest absolute Gasteiger partial charge is 0.327 e. The van der Waals surface area contributed by atoms with Gasteiger partial charge in [-0.2, -0.15) is 0 Å². The lowest BCUT2D eigenvalue weighted by Crippen LogP contribution is -2.26. The number of hydrogen-bond donors (Lipinski definition) is 1. The van der Waals surface area contributed by atoms with Crippen LogP contribution >= 0.6 is 0 Å². The van der Waals surface area contributed by atoms with E-state index in [2.05, 4.69) is 13.8 Å². The molecule has 0 amide bonds. The van der Waals surface area contributed by atoms with Crippen molar-refractivity contribution in [3.63, 3.8) is 0 Å². The maximum Gasteiger partial charge on any atom is 0.123 e. The van der Waals surface area contributed by atoms with Gasteiger partial charge in [0.15, 0.2) is 0 Å². The minimum absolute atomic E-state index is 0.179. The van der Waals surface area contributed by atoms with E-state index in [0.29, 0.717) is 0 Å². The van der Waals surface area contributed by atoms with Crippen LogP contribution in [0.15, 0.2) is 24.3 Å². The van der Waals surface area contributed by atoms with Crippen LogP contribution in [0.3, 0.4) is 0 Å². The maximum atomic E-state index is 12.8. The Kier molecular flexibility index (Phi) is 6.96. The van der Waals surface area contributed by atoms with Gasteiger partial charge in [-0.25, -0.2) is 4.39 Å². The molecule has 2 heteroatoms. The summed E-state index contributed by atoms with van der Waals surface area (Å²) >= 11 is 0. The van der Waals surface area contributed by atoms with Gasteiger partial charge in [0, 0.05) is 6.04 Å². The van der Waals surface area contributed by atoms with Crippen molar-refractivity contribution < 1.29 is 4.39 Å². The number of benzene rings is 1. The number of rotatable bonds is 8. The van der Waals surface area contributed by atoms with Crippen LogP contribution in [0.2, 0.25) is 0 Å². The first-order valence-corrected chi connectivity index (χ1v) is 7.15. The lowest BCUT2D eigenvalue weighted by molar-refractivity contribution is 0.383. The fourth-order valence-electron chi connectivity index (χ4n) is 2.42. The molecule has 0 saturated carbocycles. The predicted octanol–water partition coefficient (Wildman–Crippen LogP) is 4.30. The Bertz CT molecular complexity index is 320. The van der Waals surface area contributed by atoms with Crippen molar-refractivity contribution in [2.45, 2.75) is 58.4 Å². The molecule has 18 heavy (non-hydrogen) atoms. The van der Waals surface area contributed by atoms with Crippen molar-refractivity contribution in [3.8, 4) is 0 Å². The van der Waals surface area contributed by atoms with E-state index in [4.69, 9.17) is 5.73 Å². The molecule has 1 aromatic carbocycles. The van der Waals surface area contributed by atoms with Gasteiger partial charge in [-0.15, -0.1) is 0 Å². The lowest BCUT2D eigenvalue weighted by atomic mass is 9.90. The van der Waals surface area contributed by atoms with E-state index >= 15 is 0 Å². The summed E-state index contributed by atoms with van der Waals surface area (Å²) in [6, 6.07) is 6.88. The van der Waals surface area contributed by atoms with Crippen LogP contribution in [0.25, 0.3) is 0 Å². The fraction of sp³-hybridized carbons (Fsp3) is 0.625. The summed E-state index contributed by atoms with van der Waals surface area (Å²) in [4.78, 5) is 0. The average molecular weight is 251 g/mol. The summed E-state index contributed by atoms with van der Waals surface area (Å²) < 4.78 is 12.8. The van der Waals surface area contributed by atoms with E-state index in [-0.39, 0.29) is 11.9 Å². The highest BCUT2D eigenvalue weighted by atomic mass is 19.1. The monoisotopic (exact) mass is 251 g/mol. The summed E-state index contributed by atoms with van der Waals surface area (Å²) in [5.74, 6) is 0.558. The van der Waals surface area contributed by atoms with Crippen LogP contribution in [0.5, 0.6) is 0 Å². The van der Waals surface area contributed by atoms with Crippen molar-refractivity contribution in [3.05, 3.63) is 35.6 Å². The smallest absolute Gasteiger partial charge is 0.123 e. The van der Waals surface area contributed by atoms with E-state index < -0.39 is 0 Å². The SMILES string of the molecule is CCCCC(CC)CC(N)Cc1ccc(F)cc1. The van der Waals surface area contributed by atoms with E-state index in [0.717, 1.165) is 24.3 Å². The quantitative estimate of drug-likeness (QED) is 0.732. The molecule has 102 valence electrons. The van der Waals surface area contributed by atoms with E-state index in [1.807, 2.05) is 12.1 Å². The molecule has 0 heterocycles. The maximum absolute atomic E-state index is 12.8. The number of unbranched alkanes of at least 4 members (excludes halogenated alkanes) is 1. The Morgan fingerprint density at radius 3 is 2.39 bits per heavy atom. The number of hydrogen-bond acceptors (Lipinski definition) is 1. The minimum Gasteiger partial charge on any atom is -0.327 e. The summed E-state index contributed by atoms with van der Waals surface area (Å²) in [6.07, 6.45) is 6.96. The normalized spacial score (nSPS) is 14.4. The zero-order valence-electron chi connectivity index (χ0n) is 11.7. The van der Waals surface area contributed by atoms with Gasteiger partial charge >= 0.3 is 0 Å².